The number of anilines is 1. The molecule has 2 N–H and O–H groups in total. The van der Waals surface area contributed by atoms with Crippen molar-refractivity contribution >= 4 is 21.7 Å². The van der Waals surface area contributed by atoms with Crippen LogP contribution in [-0.4, -0.2) is 71.3 Å². The summed E-state index contributed by atoms with van der Waals surface area (Å²) in [6, 6.07) is 6.53. The Morgan fingerprint density at radius 1 is 1.20 bits per heavy atom. The monoisotopic (exact) mass is 371 g/mol. The fraction of sp³-hybridized carbons (Fsp3) is 0.562. The maximum Gasteiger partial charge on any atom is 0.208 e. The molecular formula is C16H26FN5O2S. The molecule has 1 aliphatic heterocycles. The summed E-state index contributed by atoms with van der Waals surface area (Å²) in [6.07, 6.45) is 1.14. The normalized spacial score (nSPS) is 16.2. The van der Waals surface area contributed by atoms with Crippen molar-refractivity contribution in [3.63, 3.8) is 0 Å². The number of guanidine groups is 1. The second-order valence-corrected chi connectivity index (χ2v) is 7.69. The first kappa shape index (κ1) is 19.5. The van der Waals surface area contributed by atoms with Crippen LogP contribution >= 0.6 is 0 Å². The van der Waals surface area contributed by atoms with Gasteiger partial charge in [-0.2, -0.15) is 0 Å². The topological polar surface area (TPSA) is 77.0 Å². The van der Waals surface area contributed by atoms with Crippen LogP contribution in [0.25, 0.3) is 0 Å². The van der Waals surface area contributed by atoms with Gasteiger partial charge in [0.1, 0.15) is 5.82 Å². The Morgan fingerprint density at radius 3 is 2.40 bits per heavy atom. The van der Waals surface area contributed by atoms with Crippen LogP contribution in [0.15, 0.2) is 29.3 Å². The molecule has 1 heterocycles. The van der Waals surface area contributed by atoms with Crippen LogP contribution in [0.2, 0.25) is 0 Å². The molecule has 0 unspecified atom stereocenters. The van der Waals surface area contributed by atoms with E-state index in [2.05, 4.69) is 24.8 Å². The predicted octanol–water partition coefficient (Wildman–Crippen LogP) is 0.462. The standard InChI is InChI=1S/C16H26FN5O2S/c1-3-18-16(19-8-9-20-25(2,23)24)22-12-10-21(11-13-22)15-6-4-14(17)5-7-15/h4-7,20H,3,8-13H2,1-2H3,(H,18,19). The van der Waals surface area contributed by atoms with E-state index >= 15 is 0 Å². The number of benzene rings is 1. The molecule has 0 saturated carbocycles. The number of halogens is 1. The van der Waals surface area contributed by atoms with Gasteiger partial charge in [-0.25, -0.2) is 17.5 Å². The highest BCUT2D eigenvalue weighted by Crippen LogP contribution is 2.16. The van der Waals surface area contributed by atoms with Gasteiger partial charge < -0.3 is 15.1 Å². The molecule has 0 spiro atoms. The lowest BCUT2D eigenvalue weighted by Gasteiger charge is -2.37. The summed E-state index contributed by atoms with van der Waals surface area (Å²) < 4.78 is 37.6. The van der Waals surface area contributed by atoms with Crippen LogP contribution in [0.5, 0.6) is 0 Å². The van der Waals surface area contributed by atoms with Gasteiger partial charge in [0.15, 0.2) is 5.96 Å². The first-order valence-corrected chi connectivity index (χ1v) is 10.3. The molecule has 0 aromatic heterocycles. The number of aliphatic imine (C=N–C) groups is 1. The Hall–Kier alpha value is -1.87. The predicted molar refractivity (Wildman–Crippen MR) is 99.0 cm³/mol. The number of hydrogen-bond acceptors (Lipinski definition) is 4. The molecule has 2 rings (SSSR count). The lowest BCUT2D eigenvalue weighted by Crippen LogP contribution is -2.52. The first-order chi connectivity index (χ1) is 11.9. The third-order valence-electron chi connectivity index (χ3n) is 3.84. The van der Waals surface area contributed by atoms with Crippen LogP contribution < -0.4 is 14.9 Å². The number of hydrogen-bond donors (Lipinski definition) is 2. The SMILES string of the molecule is CCNC(=NCCNS(C)(=O)=O)N1CCN(c2ccc(F)cc2)CC1. The molecule has 0 aliphatic carbocycles. The lowest BCUT2D eigenvalue weighted by atomic mass is 10.2. The van der Waals surface area contributed by atoms with E-state index in [1.165, 1.54) is 12.1 Å². The number of nitrogens with one attached hydrogen (secondary N) is 2. The van der Waals surface area contributed by atoms with E-state index in [4.69, 9.17) is 0 Å². The Balaban J connectivity index is 1.89. The van der Waals surface area contributed by atoms with Crippen molar-refractivity contribution in [2.75, 3.05) is 57.0 Å². The van der Waals surface area contributed by atoms with E-state index < -0.39 is 10.0 Å². The Labute approximate surface area is 149 Å². The molecule has 1 aromatic rings. The van der Waals surface area contributed by atoms with Gasteiger partial charge >= 0.3 is 0 Å². The van der Waals surface area contributed by atoms with Crippen LogP contribution in [0.1, 0.15) is 6.92 Å². The number of piperazine rings is 1. The second-order valence-electron chi connectivity index (χ2n) is 5.85. The zero-order valence-corrected chi connectivity index (χ0v) is 15.5. The summed E-state index contributed by atoms with van der Waals surface area (Å²) in [5.41, 5.74) is 1.01. The van der Waals surface area contributed by atoms with Gasteiger partial charge in [0.05, 0.1) is 12.8 Å². The number of rotatable bonds is 6. The number of sulfonamides is 1. The van der Waals surface area contributed by atoms with E-state index in [0.717, 1.165) is 50.6 Å². The third kappa shape index (κ3) is 6.50. The van der Waals surface area contributed by atoms with Crippen LogP contribution in [0.3, 0.4) is 0 Å². The minimum Gasteiger partial charge on any atom is -0.368 e. The maximum atomic E-state index is 13.0. The van der Waals surface area contributed by atoms with Gasteiger partial charge in [-0.3, -0.25) is 4.99 Å². The summed E-state index contributed by atoms with van der Waals surface area (Å²) in [5, 5.41) is 3.24. The zero-order chi connectivity index (χ0) is 18.3. The highest BCUT2D eigenvalue weighted by atomic mass is 32.2. The van der Waals surface area contributed by atoms with E-state index in [9.17, 15) is 12.8 Å². The summed E-state index contributed by atoms with van der Waals surface area (Å²) >= 11 is 0. The van der Waals surface area contributed by atoms with Crippen LogP contribution in [0.4, 0.5) is 10.1 Å². The van der Waals surface area contributed by atoms with Gasteiger partial charge in [0.25, 0.3) is 0 Å². The Bertz CT molecular complexity index is 670. The molecule has 0 amide bonds. The molecule has 0 radical (unpaired) electrons. The van der Waals surface area contributed by atoms with Crippen LogP contribution in [0, 0.1) is 5.82 Å². The highest BCUT2D eigenvalue weighted by molar-refractivity contribution is 7.88. The van der Waals surface area contributed by atoms with Crippen molar-refractivity contribution in [2.45, 2.75) is 6.92 Å². The molecule has 1 saturated heterocycles. The van der Waals surface area contributed by atoms with E-state index in [1.807, 2.05) is 6.92 Å². The van der Waals surface area contributed by atoms with Gasteiger partial charge in [-0.1, -0.05) is 0 Å². The molecule has 9 heteroatoms. The Morgan fingerprint density at radius 2 is 1.84 bits per heavy atom. The molecular weight excluding hydrogens is 345 g/mol. The molecule has 7 nitrogen and oxygen atoms in total. The van der Waals surface area contributed by atoms with Gasteiger partial charge in [0.2, 0.25) is 10.0 Å². The maximum absolute atomic E-state index is 13.0. The van der Waals surface area contributed by atoms with E-state index in [-0.39, 0.29) is 12.4 Å². The van der Waals surface area contributed by atoms with Gasteiger partial charge in [0, 0.05) is 45.0 Å². The van der Waals surface area contributed by atoms with Crippen molar-refractivity contribution in [1.82, 2.24) is 14.9 Å². The minimum absolute atomic E-state index is 0.230. The summed E-state index contributed by atoms with van der Waals surface area (Å²) in [6.45, 7) is 6.63. The molecule has 25 heavy (non-hydrogen) atoms. The van der Waals surface area contributed by atoms with Gasteiger partial charge in [-0.15, -0.1) is 0 Å². The molecule has 1 aromatic carbocycles. The molecule has 0 bridgehead atoms. The summed E-state index contributed by atoms with van der Waals surface area (Å²) in [7, 11) is -3.19. The molecule has 1 aliphatic rings. The average Bonchev–Trinajstić information content (AvgIpc) is 2.58. The van der Waals surface area contributed by atoms with E-state index in [0.29, 0.717) is 6.54 Å². The Kier molecular flexibility index (Phi) is 7.01. The minimum atomic E-state index is -3.19. The third-order valence-corrected chi connectivity index (χ3v) is 4.57. The lowest BCUT2D eigenvalue weighted by molar-refractivity contribution is 0.372. The van der Waals surface area contributed by atoms with Crippen molar-refractivity contribution in [3.05, 3.63) is 30.1 Å². The summed E-state index contributed by atoms with van der Waals surface area (Å²) in [4.78, 5) is 8.86. The van der Waals surface area contributed by atoms with Crippen molar-refractivity contribution < 1.29 is 12.8 Å². The molecule has 1 fully saturated rings. The van der Waals surface area contributed by atoms with Crippen molar-refractivity contribution in [1.29, 1.82) is 0 Å². The average molecular weight is 371 g/mol. The number of nitrogens with zero attached hydrogens (tertiary/aromatic N) is 3. The quantitative estimate of drug-likeness (QED) is 0.432. The largest absolute Gasteiger partial charge is 0.368 e. The fourth-order valence-corrected chi connectivity index (χ4v) is 3.11. The molecule has 140 valence electrons. The molecule has 0 atom stereocenters. The second kappa shape index (κ2) is 9.00. The zero-order valence-electron chi connectivity index (χ0n) is 14.7. The van der Waals surface area contributed by atoms with Gasteiger partial charge in [-0.05, 0) is 31.2 Å². The van der Waals surface area contributed by atoms with E-state index in [1.54, 1.807) is 12.1 Å². The smallest absolute Gasteiger partial charge is 0.208 e. The first-order valence-electron chi connectivity index (χ1n) is 8.37. The highest BCUT2D eigenvalue weighted by Gasteiger charge is 2.19. The summed E-state index contributed by atoms with van der Waals surface area (Å²) in [5.74, 6) is 0.559. The van der Waals surface area contributed by atoms with Crippen molar-refractivity contribution in [3.8, 4) is 0 Å². The van der Waals surface area contributed by atoms with Crippen LogP contribution in [-0.2, 0) is 10.0 Å². The van der Waals surface area contributed by atoms with Crippen molar-refractivity contribution in [2.24, 2.45) is 4.99 Å². The fourth-order valence-electron chi connectivity index (χ4n) is 2.65.